The number of urea groups is 1. The Hall–Kier alpha value is -3.15. The van der Waals surface area contributed by atoms with Gasteiger partial charge in [0.25, 0.3) is 0 Å². The Balaban J connectivity index is 1.23. The Morgan fingerprint density at radius 2 is 1.92 bits per heavy atom. The molecule has 0 radical (unpaired) electrons. The van der Waals surface area contributed by atoms with Crippen LogP contribution in [0.15, 0.2) is 48.5 Å². The summed E-state index contributed by atoms with van der Waals surface area (Å²) in [7, 11) is 0. The Bertz CT molecular complexity index is 1070. The van der Waals surface area contributed by atoms with Gasteiger partial charge in [0, 0.05) is 51.1 Å². The average Bonchev–Trinajstić information content (AvgIpc) is 2.90. The molecule has 2 N–H and O–H groups in total. The zero-order valence-corrected chi connectivity index (χ0v) is 21.0. The van der Waals surface area contributed by atoms with E-state index in [-0.39, 0.29) is 29.7 Å². The number of likely N-dealkylation sites (tertiary alicyclic amines) is 1. The number of aliphatic hydroxyl groups excluding tert-OH is 1. The van der Waals surface area contributed by atoms with E-state index >= 15 is 0 Å². The van der Waals surface area contributed by atoms with E-state index in [1.54, 1.807) is 12.1 Å². The molecule has 4 rings (SSSR count). The van der Waals surface area contributed by atoms with Crippen LogP contribution in [0.1, 0.15) is 37.3 Å². The SMILES string of the molecule is C[C@@H]1CN(c2ccc(F)c(C#N)c2)CCN1C(=O)NCCC1(CO)CCN(Cc2ccccc2)CC1. The minimum absolute atomic E-state index is 0.0256. The first-order chi connectivity index (χ1) is 17.4. The van der Waals surface area contributed by atoms with Crippen molar-refractivity contribution in [2.45, 2.75) is 38.8 Å². The Morgan fingerprint density at radius 3 is 2.58 bits per heavy atom. The Labute approximate surface area is 213 Å². The zero-order chi connectivity index (χ0) is 25.5. The van der Waals surface area contributed by atoms with E-state index in [9.17, 15) is 14.3 Å². The second kappa shape index (κ2) is 11.7. The molecule has 2 aliphatic heterocycles. The maximum absolute atomic E-state index is 13.7. The molecule has 7 nitrogen and oxygen atoms in total. The predicted octanol–water partition coefficient (Wildman–Crippen LogP) is 3.58. The lowest BCUT2D eigenvalue weighted by atomic mass is 9.76. The largest absolute Gasteiger partial charge is 0.396 e. The highest BCUT2D eigenvalue weighted by molar-refractivity contribution is 5.75. The Kier molecular flexibility index (Phi) is 8.44. The van der Waals surface area contributed by atoms with E-state index in [1.807, 2.05) is 24.0 Å². The summed E-state index contributed by atoms with van der Waals surface area (Å²) in [5, 5.41) is 22.4. The number of halogens is 1. The van der Waals surface area contributed by atoms with Gasteiger partial charge < -0.3 is 20.2 Å². The number of aliphatic hydroxyl groups is 1. The number of piperazine rings is 1. The summed E-state index contributed by atoms with van der Waals surface area (Å²) in [6.45, 7) is 7.27. The van der Waals surface area contributed by atoms with E-state index in [2.05, 4.69) is 39.4 Å². The van der Waals surface area contributed by atoms with Crippen LogP contribution in [0.5, 0.6) is 0 Å². The molecule has 2 amide bonds. The average molecular weight is 494 g/mol. The van der Waals surface area contributed by atoms with Gasteiger partial charge in [-0.3, -0.25) is 4.90 Å². The van der Waals surface area contributed by atoms with Crippen molar-refractivity contribution < 1.29 is 14.3 Å². The standard InChI is InChI=1S/C28H36FN5O2/c1-22-19-33(25-7-8-26(29)24(17-25)18-30)15-16-34(22)27(36)31-12-9-28(21-35)10-13-32(14-11-28)20-23-5-3-2-4-6-23/h2-8,17,22,35H,9-16,19-21H2,1H3,(H,31,36)/t22-/m1/s1. The molecule has 0 saturated carbocycles. The molecule has 2 aliphatic rings. The molecule has 2 aromatic rings. The lowest BCUT2D eigenvalue weighted by molar-refractivity contribution is 0.0347. The number of hydrogen-bond donors (Lipinski definition) is 2. The summed E-state index contributed by atoms with van der Waals surface area (Å²) in [5.41, 5.74) is 1.99. The van der Waals surface area contributed by atoms with Crippen LogP contribution in [0.25, 0.3) is 0 Å². The number of amides is 2. The highest BCUT2D eigenvalue weighted by Gasteiger charge is 2.34. The van der Waals surface area contributed by atoms with Gasteiger partial charge in [-0.15, -0.1) is 0 Å². The van der Waals surface area contributed by atoms with Gasteiger partial charge in [0.05, 0.1) is 5.56 Å². The van der Waals surface area contributed by atoms with Crippen LogP contribution in [-0.4, -0.2) is 72.9 Å². The summed E-state index contributed by atoms with van der Waals surface area (Å²) >= 11 is 0. The molecule has 0 aliphatic carbocycles. The van der Waals surface area contributed by atoms with E-state index < -0.39 is 5.82 Å². The molecule has 0 spiro atoms. The zero-order valence-electron chi connectivity index (χ0n) is 21.0. The van der Waals surface area contributed by atoms with Crippen molar-refractivity contribution in [2.75, 3.05) is 50.8 Å². The lowest BCUT2D eigenvalue weighted by Gasteiger charge is -2.42. The summed E-state index contributed by atoms with van der Waals surface area (Å²) in [4.78, 5) is 19.3. The number of carbonyl (C=O) groups is 1. The molecule has 2 fully saturated rings. The van der Waals surface area contributed by atoms with Gasteiger partial charge in [-0.25, -0.2) is 9.18 Å². The third kappa shape index (κ3) is 6.15. The third-order valence-corrected chi connectivity index (χ3v) is 7.76. The van der Waals surface area contributed by atoms with Crippen molar-refractivity contribution in [1.29, 1.82) is 5.26 Å². The second-order valence-electron chi connectivity index (χ2n) is 10.2. The van der Waals surface area contributed by atoms with E-state index in [1.165, 1.54) is 11.6 Å². The van der Waals surface area contributed by atoms with Crippen LogP contribution in [-0.2, 0) is 6.54 Å². The van der Waals surface area contributed by atoms with Crippen LogP contribution in [0.4, 0.5) is 14.9 Å². The van der Waals surface area contributed by atoms with Crippen LogP contribution in [0.3, 0.4) is 0 Å². The number of hydrogen-bond acceptors (Lipinski definition) is 5. The number of piperidine rings is 1. The fraction of sp³-hybridized carbons (Fsp3) is 0.500. The van der Waals surface area contributed by atoms with Gasteiger partial charge in [-0.05, 0) is 68.5 Å². The summed E-state index contributed by atoms with van der Waals surface area (Å²) in [5.74, 6) is -0.519. The number of carbonyl (C=O) groups excluding carboxylic acids is 1. The van der Waals surface area contributed by atoms with Gasteiger partial charge >= 0.3 is 6.03 Å². The number of anilines is 1. The monoisotopic (exact) mass is 493 g/mol. The van der Waals surface area contributed by atoms with Crippen LogP contribution in [0.2, 0.25) is 0 Å². The highest BCUT2D eigenvalue weighted by Crippen LogP contribution is 2.34. The Morgan fingerprint density at radius 1 is 1.17 bits per heavy atom. The molecule has 36 heavy (non-hydrogen) atoms. The predicted molar refractivity (Wildman–Crippen MR) is 138 cm³/mol. The van der Waals surface area contributed by atoms with Gasteiger partial charge in [0.15, 0.2) is 0 Å². The minimum Gasteiger partial charge on any atom is -0.396 e. The van der Waals surface area contributed by atoms with Crippen molar-refractivity contribution in [1.82, 2.24) is 15.1 Å². The van der Waals surface area contributed by atoms with Crippen molar-refractivity contribution in [3.05, 3.63) is 65.5 Å². The van der Waals surface area contributed by atoms with Crippen molar-refractivity contribution in [3.63, 3.8) is 0 Å². The van der Waals surface area contributed by atoms with Crippen LogP contribution >= 0.6 is 0 Å². The maximum atomic E-state index is 13.7. The molecule has 2 aromatic carbocycles. The van der Waals surface area contributed by atoms with Crippen LogP contribution in [0, 0.1) is 22.6 Å². The molecule has 0 bridgehead atoms. The van der Waals surface area contributed by atoms with Gasteiger partial charge in [-0.2, -0.15) is 5.26 Å². The van der Waals surface area contributed by atoms with Crippen molar-refractivity contribution >= 4 is 11.7 Å². The number of benzene rings is 2. The third-order valence-electron chi connectivity index (χ3n) is 7.76. The molecule has 1 atom stereocenters. The summed E-state index contributed by atoms with van der Waals surface area (Å²) < 4.78 is 13.7. The summed E-state index contributed by atoms with van der Waals surface area (Å²) in [6, 6.07) is 16.8. The molecule has 2 saturated heterocycles. The fourth-order valence-corrected chi connectivity index (χ4v) is 5.34. The molecule has 0 unspecified atom stereocenters. The second-order valence-corrected chi connectivity index (χ2v) is 10.2. The van der Waals surface area contributed by atoms with Gasteiger partial charge in [0.2, 0.25) is 0 Å². The first kappa shape index (κ1) is 25.9. The quantitative estimate of drug-likeness (QED) is 0.616. The smallest absolute Gasteiger partial charge is 0.317 e. The van der Waals surface area contributed by atoms with E-state index in [4.69, 9.17) is 5.26 Å². The maximum Gasteiger partial charge on any atom is 0.317 e. The van der Waals surface area contributed by atoms with Crippen molar-refractivity contribution in [3.8, 4) is 6.07 Å². The first-order valence-corrected chi connectivity index (χ1v) is 12.8. The van der Waals surface area contributed by atoms with Crippen molar-refractivity contribution in [2.24, 2.45) is 5.41 Å². The molecule has 0 aromatic heterocycles. The molecule has 192 valence electrons. The molecule has 8 heteroatoms. The normalized spacial score (nSPS) is 20.1. The van der Waals surface area contributed by atoms with Crippen LogP contribution < -0.4 is 10.2 Å². The first-order valence-electron chi connectivity index (χ1n) is 12.8. The topological polar surface area (TPSA) is 82.8 Å². The summed E-state index contributed by atoms with van der Waals surface area (Å²) in [6.07, 6.45) is 2.60. The number of nitrogens with zero attached hydrogens (tertiary/aromatic N) is 4. The van der Waals surface area contributed by atoms with E-state index in [0.717, 1.165) is 44.6 Å². The van der Waals surface area contributed by atoms with Gasteiger partial charge in [0.1, 0.15) is 11.9 Å². The lowest BCUT2D eigenvalue weighted by Crippen LogP contribution is -2.57. The minimum atomic E-state index is -0.519. The number of nitrogens with one attached hydrogen (secondary N) is 1. The molecular weight excluding hydrogens is 457 g/mol. The number of rotatable bonds is 7. The molecule has 2 heterocycles. The van der Waals surface area contributed by atoms with Gasteiger partial charge in [-0.1, -0.05) is 30.3 Å². The molecular formula is C28H36FN5O2. The fourth-order valence-electron chi connectivity index (χ4n) is 5.34. The number of nitriles is 1. The van der Waals surface area contributed by atoms with E-state index in [0.29, 0.717) is 26.2 Å². The highest BCUT2D eigenvalue weighted by atomic mass is 19.1.